The van der Waals surface area contributed by atoms with Gasteiger partial charge < -0.3 is 5.32 Å². The quantitative estimate of drug-likeness (QED) is 0.607. The number of nitrogens with zero attached hydrogens (tertiary/aromatic N) is 3. The number of alkyl halides is 3. The average molecular weight is 465 g/mol. The van der Waals surface area contributed by atoms with Gasteiger partial charge in [0.1, 0.15) is 0 Å². The largest absolute Gasteiger partial charge is 0.404 e. The molecule has 6 nitrogen and oxygen atoms in total. The molecule has 1 N–H and O–H groups in total. The van der Waals surface area contributed by atoms with E-state index in [2.05, 4.69) is 21.4 Å². The number of pyridine rings is 2. The number of benzene rings is 1. The van der Waals surface area contributed by atoms with Crippen molar-refractivity contribution < 1.29 is 21.6 Å². The summed E-state index contributed by atoms with van der Waals surface area (Å²) in [5, 5.41) is 5.39. The fourth-order valence-electron chi connectivity index (χ4n) is 4.01. The number of aromatic nitrogens is 2. The molecule has 32 heavy (non-hydrogen) atoms. The first-order valence-electron chi connectivity index (χ1n) is 10.2. The van der Waals surface area contributed by atoms with Crippen molar-refractivity contribution >= 4 is 26.5 Å². The van der Waals surface area contributed by atoms with Gasteiger partial charge in [0.2, 0.25) is 10.0 Å². The zero-order valence-electron chi connectivity index (χ0n) is 17.4. The van der Waals surface area contributed by atoms with E-state index in [0.717, 1.165) is 37.6 Å². The maximum atomic E-state index is 12.6. The van der Waals surface area contributed by atoms with Crippen LogP contribution in [-0.4, -0.2) is 53.8 Å². The van der Waals surface area contributed by atoms with Gasteiger partial charge in [0.25, 0.3) is 0 Å². The fourth-order valence-corrected chi connectivity index (χ4v) is 5.37. The second-order valence-electron chi connectivity index (χ2n) is 8.00. The number of hydrogen-bond acceptors (Lipinski definition) is 5. The zero-order valence-corrected chi connectivity index (χ0v) is 18.2. The van der Waals surface area contributed by atoms with Crippen molar-refractivity contribution in [3.63, 3.8) is 0 Å². The third-order valence-corrected chi connectivity index (χ3v) is 7.38. The van der Waals surface area contributed by atoms with Crippen molar-refractivity contribution in [3.8, 4) is 11.1 Å². The van der Waals surface area contributed by atoms with Gasteiger partial charge in [0.05, 0.1) is 0 Å². The highest BCUT2D eigenvalue weighted by Crippen LogP contribution is 2.32. The van der Waals surface area contributed by atoms with E-state index in [-0.39, 0.29) is 19.1 Å². The Kier molecular flexibility index (Phi) is 6.09. The molecule has 3 heterocycles. The van der Waals surface area contributed by atoms with Gasteiger partial charge >= 0.3 is 6.18 Å². The van der Waals surface area contributed by atoms with Gasteiger partial charge in [-0.1, -0.05) is 0 Å². The smallest absolute Gasteiger partial charge is 0.382 e. The van der Waals surface area contributed by atoms with Crippen molar-refractivity contribution in [2.75, 3.05) is 24.2 Å². The highest BCUT2D eigenvalue weighted by atomic mass is 32.2. The topological polar surface area (TPSA) is 75.2 Å². The van der Waals surface area contributed by atoms with Crippen LogP contribution < -0.4 is 5.32 Å². The maximum absolute atomic E-state index is 12.6. The van der Waals surface area contributed by atoms with Crippen LogP contribution >= 0.6 is 0 Å². The maximum Gasteiger partial charge on any atom is 0.404 e. The summed E-state index contributed by atoms with van der Waals surface area (Å²) in [5.74, 6) is -1.82. The fraction of sp³-hybridized carbons (Fsp3) is 0.364. The Labute approximate surface area is 184 Å². The molecule has 1 saturated heterocycles. The first-order chi connectivity index (χ1) is 15.1. The molecule has 0 atom stereocenters. The van der Waals surface area contributed by atoms with Crippen LogP contribution in [0.4, 0.5) is 18.9 Å². The van der Waals surface area contributed by atoms with Crippen molar-refractivity contribution in [2.45, 2.75) is 32.0 Å². The number of sulfonamides is 1. The van der Waals surface area contributed by atoms with Crippen molar-refractivity contribution in [2.24, 2.45) is 0 Å². The van der Waals surface area contributed by atoms with Gasteiger partial charge in [0, 0.05) is 54.5 Å². The lowest BCUT2D eigenvalue weighted by molar-refractivity contribution is -0.107. The molecule has 2 aromatic heterocycles. The number of aryl methyl sites for hydroxylation is 1. The van der Waals surface area contributed by atoms with Gasteiger partial charge in [-0.15, -0.1) is 0 Å². The molecule has 0 spiro atoms. The summed E-state index contributed by atoms with van der Waals surface area (Å²) in [4.78, 5) is 8.46. The van der Waals surface area contributed by atoms with Crippen LogP contribution in [0.5, 0.6) is 0 Å². The lowest BCUT2D eigenvalue weighted by atomic mass is 9.99. The van der Waals surface area contributed by atoms with E-state index in [4.69, 9.17) is 0 Å². The molecule has 4 rings (SSSR count). The second-order valence-corrected chi connectivity index (χ2v) is 9.96. The average Bonchev–Trinajstić information content (AvgIpc) is 2.72. The SMILES string of the molecule is Cc1cc(-c2cc(NC3CCN(S(=O)(=O)CC(F)(F)F)CC3)c3cnccc3c2)ccn1. The third-order valence-electron chi connectivity index (χ3n) is 5.54. The van der Waals surface area contributed by atoms with E-state index < -0.39 is 22.0 Å². The lowest BCUT2D eigenvalue weighted by Crippen LogP contribution is -2.45. The highest BCUT2D eigenvalue weighted by Gasteiger charge is 2.39. The van der Waals surface area contributed by atoms with Gasteiger partial charge in [0.15, 0.2) is 5.75 Å². The van der Waals surface area contributed by atoms with E-state index in [1.807, 2.05) is 31.2 Å². The van der Waals surface area contributed by atoms with E-state index >= 15 is 0 Å². The summed E-state index contributed by atoms with van der Waals surface area (Å²) in [6.45, 7) is 2.03. The minimum atomic E-state index is -4.74. The molecule has 1 aliphatic heterocycles. The second kappa shape index (κ2) is 8.67. The summed E-state index contributed by atoms with van der Waals surface area (Å²) in [5.41, 5.74) is 3.78. The van der Waals surface area contributed by atoms with Gasteiger partial charge in [-0.05, 0) is 66.6 Å². The monoisotopic (exact) mass is 464 g/mol. The number of rotatable bonds is 5. The molecule has 0 radical (unpaired) electrons. The Balaban J connectivity index is 1.55. The van der Waals surface area contributed by atoms with E-state index in [1.165, 1.54) is 0 Å². The molecular weight excluding hydrogens is 441 g/mol. The van der Waals surface area contributed by atoms with Gasteiger partial charge in [-0.25, -0.2) is 12.7 Å². The summed E-state index contributed by atoms with van der Waals surface area (Å²) in [6.07, 6.45) is 1.33. The van der Waals surface area contributed by atoms with Crippen LogP contribution in [0.15, 0.2) is 48.9 Å². The standard InChI is InChI=1S/C22H23F3N4O2S/c1-15-10-16(3-7-27-15)18-11-17-2-6-26-13-20(17)21(12-18)28-19-4-8-29(9-5-19)32(30,31)14-22(23,24)25/h2-3,6-7,10-13,19,28H,4-5,8-9,14H2,1H3. The molecular formula is C22H23F3N4O2S. The lowest BCUT2D eigenvalue weighted by Gasteiger charge is -2.32. The first-order valence-corrected chi connectivity index (χ1v) is 11.8. The molecule has 0 saturated carbocycles. The van der Waals surface area contributed by atoms with Crippen molar-refractivity contribution in [1.82, 2.24) is 14.3 Å². The summed E-state index contributed by atoms with van der Waals surface area (Å²) in [6, 6.07) is 9.88. The third kappa shape index (κ3) is 5.18. The minimum Gasteiger partial charge on any atom is -0.382 e. The van der Waals surface area contributed by atoms with Gasteiger partial charge in [-0.3, -0.25) is 9.97 Å². The van der Waals surface area contributed by atoms with Crippen LogP contribution in [0, 0.1) is 6.92 Å². The predicted molar refractivity (Wildman–Crippen MR) is 118 cm³/mol. The summed E-state index contributed by atoms with van der Waals surface area (Å²) in [7, 11) is -4.35. The minimum absolute atomic E-state index is 0.0511. The van der Waals surface area contributed by atoms with Crippen LogP contribution in [0.3, 0.4) is 0 Å². The molecule has 10 heteroatoms. The molecule has 1 fully saturated rings. The molecule has 0 unspecified atom stereocenters. The van der Waals surface area contributed by atoms with E-state index in [1.54, 1.807) is 18.6 Å². The molecule has 1 aliphatic rings. The Bertz CT molecular complexity index is 1220. The normalized spacial score (nSPS) is 16.4. The summed E-state index contributed by atoms with van der Waals surface area (Å²) >= 11 is 0. The van der Waals surface area contributed by atoms with Crippen molar-refractivity contribution in [3.05, 3.63) is 54.6 Å². The first kappa shape index (κ1) is 22.5. The highest BCUT2D eigenvalue weighted by molar-refractivity contribution is 7.89. The Morgan fingerprint density at radius 1 is 1.09 bits per heavy atom. The number of anilines is 1. The number of fused-ring (bicyclic) bond motifs is 1. The van der Waals surface area contributed by atoms with Gasteiger partial charge in [-0.2, -0.15) is 13.2 Å². The number of halogens is 3. The van der Waals surface area contributed by atoms with Crippen LogP contribution in [-0.2, 0) is 10.0 Å². The number of nitrogens with one attached hydrogen (secondary N) is 1. The molecule has 0 aliphatic carbocycles. The Hall–Kier alpha value is -2.72. The molecule has 0 amide bonds. The van der Waals surface area contributed by atoms with E-state index in [9.17, 15) is 21.6 Å². The Morgan fingerprint density at radius 3 is 2.53 bits per heavy atom. The van der Waals surface area contributed by atoms with Crippen LogP contribution in [0.1, 0.15) is 18.5 Å². The molecule has 170 valence electrons. The number of hydrogen-bond donors (Lipinski definition) is 1. The van der Waals surface area contributed by atoms with Crippen LogP contribution in [0.2, 0.25) is 0 Å². The molecule has 0 bridgehead atoms. The molecule has 3 aromatic rings. The zero-order chi connectivity index (χ0) is 22.9. The molecule has 1 aromatic carbocycles. The van der Waals surface area contributed by atoms with Crippen LogP contribution in [0.25, 0.3) is 21.9 Å². The van der Waals surface area contributed by atoms with E-state index in [0.29, 0.717) is 12.8 Å². The predicted octanol–water partition coefficient (Wildman–Crippen LogP) is 4.37. The summed E-state index contributed by atoms with van der Waals surface area (Å²) < 4.78 is 62.8. The Morgan fingerprint density at radius 2 is 1.84 bits per heavy atom. The van der Waals surface area contributed by atoms with Crippen molar-refractivity contribution in [1.29, 1.82) is 0 Å². The number of piperidine rings is 1.